The third-order valence-corrected chi connectivity index (χ3v) is 4.79. The molecule has 2 aromatic rings. The molecule has 0 saturated heterocycles. The van der Waals surface area contributed by atoms with Crippen LogP contribution < -0.4 is 0 Å². The number of nitrogens with zero attached hydrogens (tertiary/aromatic N) is 1. The Hall–Kier alpha value is -3.14. The minimum absolute atomic E-state index is 0.0735. The van der Waals surface area contributed by atoms with Crippen LogP contribution in [0.5, 0.6) is 0 Å². The van der Waals surface area contributed by atoms with E-state index < -0.39 is 0 Å². The summed E-state index contributed by atoms with van der Waals surface area (Å²) in [7, 11) is 1.88. The molecule has 0 saturated carbocycles. The lowest BCUT2D eigenvalue weighted by atomic mass is 9.88. The van der Waals surface area contributed by atoms with Crippen molar-refractivity contribution >= 4 is 17.4 Å². The number of esters is 1. The molecule has 0 spiro atoms. The van der Waals surface area contributed by atoms with Crippen molar-refractivity contribution in [3.05, 3.63) is 88.6 Å². The third-order valence-electron chi connectivity index (χ3n) is 4.79. The van der Waals surface area contributed by atoms with Crippen LogP contribution in [0.1, 0.15) is 36.2 Å². The predicted octanol–water partition coefficient (Wildman–Crippen LogP) is 4.45. The molecule has 0 N–H and O–H groups in total. The van der Waals surface area contributed by atoms with Gasteiger partial charge in [0.05, 0.1) is 17.9 Å². The van der Waals surface area contributed by atoms with Crippen molar-refractivity contribution < 1.29 is 14.3 Å². The molecule has 0 aromatic heterocycles. The highest BCUT2D eigenvalue weighted by molar-refractivity contribution is 6.14. The molecule has 1 aliphatic heterocycles. The van der Waals surface area contributed by atoms with E-state index in [0.717, 1.165) is 17.0 Å². The number of hydrogen-bond donors (Lipinski definition) is 0. The fraction of sp³-hybridized carbons (Fsp3) is 0.217. The molecular formula is C23H23NO3. The maximum atomic E-state index is 13.3. The average Bonchev–Trinajstić information content (AvgIpc) is 2.70. The first-order valence-electron chi connectivity index (χ1n) is 9.03. The first-order valence-corrected chi connectivity index (χ1v) is 9.03. The molecule has 2 aromatic carbocycles. The number of Topliss-reactive ketones (excluding diaryl/α,β-unsaturated/α-hetero) is 1. The van der Waals surface area contributed by atoms with E-state index in [1.54, 1.807) is 19.1 Å². The van der Waals surface area contributed by atoms with Crippen molar-refractivity contribution in [1.29, 1.82) is 0 Å². The standard InChI is InChI=1S/C23H23NO3/c1-4-27-23(26)19-15-20(22(25)18-13-9-6-10-14-18)21(24(3)16(19)2)17-11-7-5-8-12-17/h5-14H,4,15H2,1-3H3. The molecule has 138 valence electrons. The molecule has 1 aliphatic rings. The highest BCUT2D eigenvalue weighted by Gasteiger charge is 2.31. The monoisotopic (exact) mass is 361 g/mol. The summed E-state index contributed by atoms with van der Waals surface area (Å²) in [5, 5.41) is 0. The van der Waals surface area contributed by atoms with Gasteiger partial charge in [-0.2, -0.15) is 0 Å². The molecule has 0 unspecified atom stereocenters. The first kappa shape index (κ1) is 18.6. The van der Waals surface area contributed by atoms with E-state index in [1.165, 1.54) is 0 Å². The smallest absolute Gasteiger partial charge is 0.336 e. The zero-order valence-corrected chi connectivity index (χ0v) is 15.9. The van der Waals surface area contributed by atoms with Gasteiger partial charge in [0, 0.05) is 30.3 Å². The van der Waals surface area contributed by atoms with Crippen LogP contribution in [0.3, 0.4) is 0 Å². The molecule has 0 atom stereocenters. The van der Waals surface area contributed by atoms with Gasteiger partial charge in [0.2, 0.25) is 0 Å². The molecule has 1 heterocycles. The van der Waals surface area contributed by atoms with Gasteiger partial charge in [-0.25, -0.2) is 4.79 Å². The number of hydrogen-bond acceptors (Lipinski definition) is 4. The number of carbonyl (C=O) groups is 2. The minimum Gasteiger partial charge on any atom is -0.463 e. The number of ketones is 1. The average molecular weight is 361 g/mol. The molecule has 27 heavy (non-hydrogen) atoms. The van der Waals surface area contributed by atoms with Gasteiger partial charge in [-0.1, -0.05) is 60.7 Å². The van der Waals surface area contributed by atoms with Crippen molar-refractivity contribution in [2.45, 2.75) is 20.3 Å². The lowest BCUT2D eigenvalue weighted by molar-refractivity contribution is -0.138. The largest absolute Gasteiger partial charge is 0.463 e. The van der Waals surface area contributed by atoms with Crippen molar-refractivity contribution in [3.8, 4) is 0 Å². The molecule has 4 nitrogen and oxygen atoms in total. The lowest BCUT2D eigenvalue weighted by Crippen LogP contribution is -2.28. The second-order valence-electron chi connectivity index (χ2n) is 6.41. The molecule has 0 amide bonds. The van der Waals surface area contributed by atoms with Gasteiger partial charge in [-0.3, -0.25) is 4.79 Å². The number of carbonyl (C=O) groups excluding carboxylic acids is 2. The summed E-state index contributed by atoms with van der Waals surface area (Å²) in [5.74, 6) is -0.442. The number of rotatable bonds is 5. The zero-order valence-electron chi connectivity index (χ0n) is 15.9. The molecule has 3 rings (SSSR count). The Morgan fingerprint density at radius 3 is 2.15 bits per heavy atom. The summed E-state index contributed by atoms with van der Waals surface area (Å²) >= 11 is 0. The number of benzene rings is 2. The van der Waals surface area contributed by atoms with Crippen LogP contribution in [0.2, 0.25) is 0 Å². The van der Waals surface area contributed by atoms with E-state index in [0.29, 0.717) is 23.3 Å². The lowest BCUT2D eigenvalue weighted by Gasteiger charge is -2.32. The van der Waals surface area contributed by atoms with E-state index in [1.807, 2.05) is 67.4 Å². The Bertz CT molecular complexity index is 911. The summed E-state index contributed by atoms with van der Waals surface area (Å²) in [6.07, 6.45) is 0.257. The summed E-state index contributed by atoms with van der Waals surface area (Å²) in [5.41, 5.74) is 4.31. The Morgan fingerprint density at radius 1 is 0.963 bits per heavy atom. The fourth-order valence-corrected chi connectivity index (χ4v) is 3.31. The second-order valence-corrected chi connectivity index (χ2v) is 6.41. The molecular weight excluding hydrogens is 338 g/mol. The van der Waals surface area contributed by atoms with Crippen LogP contribution in [-0.2, 0) is 9.53 Å². The Balaban J connectivity index is 2.14. The first-order chi connectivity index (χ1) is 13.0. The van der Waals surface area contributed by atoms with E-state index in [9.17, 15) is 9.59 Å². The van der Waals surface area contributed by atoms with Gasteiger partial charge in [0.1, 0.15) is 0 Å². The van der Waals surface area contributed by atoms with Crippen LogP contribution in [0.15, 0.2) is 77.5 Å². The van der Waals surface area contributed by atoms with Crippen LogP contribution in [0, 0.1) is 0 Å². The molecule has 0 bridgehead atoms. The Kier molecular flexibility index (Phi) is 5.55. The zero-order chi connectivity index (χ0) is 19.4. The van der Waals surface area contributed by atoms with E-state index >= 15 is 0 Å². The van der Waals surface area contributed by atoms with Gasteiger partial charge < -0.3 is 9.64 Å². The quantitative estimate of drug-likeness (QED) is 0.583. The van der Waals surface area contributed by atoms with Crippen molar-refractivity contribution in [3.63, 3.8) is 0 Å². The van der Waals surface area contributed by atoms with Gasteiger partial charge >= 0.3 is 5.97 Å². The van der Waals surface area contributed by atoms with Crippen LogP contribution in [-0.4, -0.2) is 30.3 Å². The number of ether oxygens (including phenoxy) is 1. The molecule has 0 fully saturated rings. The van der Waals surface area contributed by atoms with Crippen molar-refractivity contribution in [1.82, 2.24) is 4.90 Å². The minimum atomic E-state index is -0.368. The summed E-state index contributed by atoms with van der Waals surface area (Å²) in [4.78, 5) is 27.7. The van der Waals surface area contributed by atoms with Gasteiger partial charge in [-0.15, -0.1) is 0 Å². The highest BCUT2D eigenvalue weighted by atomic mass is 16.5. The predicted molar refractivity (Wildman–Crippen MR) is 106 cm³/mol. The van der Waals surface area contributed by atoms with Crippen molar-refractivity contribution in [2.24, 2.45) is 0 Å². The van der Waals surface area contributed by atoms with Gasteiger partial charge in [0.15, 0.2) is 5.78 Å². The normalized spacial score (nSPS) is 14.4. The maximum absolute atomic E-state index is 13.3. The van der Waals surface area contributed by atoms with Crippen LogP contribution in [0.4, 0.5) is 0 Å². The third kappa shape index (κ3) is 3.70. The summed E-state index contributed by atoms with van der Waals surface area (Å²) in [6, 6.07) is 19.0. The van der Waals surface area contributed by atoms with E-state index in [2.05, 4.69) is 0 Å². The van der Waals surface area contributed by atoms with E-state index in [4.69, 9.17) is 4.74 Å². The highest BCUT2D eigenvalue weighted by Crippen LogP contribution is 2.37. The van der Waals surface area contributed by atoms with Crippen LogP contribution >= 0.6 is 0 Å². The summed E-state index contributed by atoms with van der Waals surface area (Å²) < 4.78 is 5.22. The topological polar surface area (TPSA) is 46.6 Å². The van der Waals surface area contributed by atoms with Crippen LogP contribution in [0.25, 0.3) is 5.70 Å². The van der Waals surface area contributed by atoms with E-state index in [-0.39, 0.29) is 18.2 Å². The van der Waals surface area contributed by atoms with Gasteiger partial charge in [0.25, 0.3) is 0 Å². The molecule has 0 aliphatic carbocycles. The molecule has 4 heteroatoms. The van der Waals surface area contributed by atoms with Crippen molar-refractivity contribution in [2.75, 3.05) is 13.7 Å². The SMILES string of the molecule is CCOC(=O)C1=C(C)N(C)C(c2ccccc2)=C(C(=O)c2ccccc2)C1. The fourth-order valence-electron chi connectivity index (χ4n) is 3.31. The Morgan fingerprint density at radius 2 is 1.56 bits per heavy atom. The second kappa shape index (κ2) is 8.04. The Labute approximate surface area is 159 Å². The maximum Gasteiger partial charge on any atom is 0.336 e. The molecule has 0 radical (unpaired) electrons. The number of allylic oxidation sites excluding steroid dienone is 2. The summed E-state index contributed by atoms with van der Waals surface area (Å²) in [6.45, 7) is 3.97. The van der Waals surface area contributed by atoms with Gasteiger partial charge in [-0.05, 0) is 19.4 Å².